The van der Waals surface area contributed by atoms with Crippen LogP contribution in [0.25, 0.3) is 10.9 Å². The summed E-state index contributed by atoms with van der Waals surface area (Å²) in [7, 11) is -3.82. The van der Waals surface area contributed by atoms with E-state index in [9.17, 15) is 44.3 Å². The predicted octanol–water partition coefficient (Wildman–Crippen LogP) is 4.58. The first kappa shape index (κ1) is 32.3. The van der Waals surface area contributed by atoms with Crippen LogP contribution in [0.5, 0.6) is 0 Å². The first-order valence-corrected chi connectivity index (χ1v) is 14.9. The Morgan fingerprint density at radius 3 is 2.38 bits per heavy atom. The lowest BCUT2D eigenvalue weighted by molar-refractivity contribution is -0.138. The number of likely N-dealkylation sites (tertiary alicyclic amines) is 1. The van der Waals surface area contributed by atoms with Gasteiger partial charge in [-0.1, -0.05) is 30.1 Å². The summed E-state index contributed by atoms with van der Waals surface area (Å²) in [5, 5.41) is 1.33. The summed E-state index contributed by atoms with van der Waals surface area (Å²) < 4.78 is 106. The number of benzene rings is 2. The van der Waals surface area contributed by atoms with Crippen molar-refractivity contribution in [3.8, 4) is 0 Å². The minimum absolute atomic E-state index is 0.0159. The number of nitrogens with one attached hydrogen (secondary N) is 2. The van der Waals surface area contributed by atoms with Crippen LogP contribution in [-0.2, 0) is 29.1 Å². The van der Waals surface area contributed by atoms with Gasteiger partial charge in [0.25, 0.3) is 5.56 Å². The van der Waals surface area contributed by atoms with E-state index in [4.69, 9.17) is 23.2 Å². The van der Waals surface area contributed by atoms with Gasteiger partial charge in [-0.25, -0.2) is 13.2 Å². The fraction of sp³-hybridized carbons (Fsp3) is 0.440. The fourth-order valence-corrected chi connectivity index (χ4v) is 6.49. The zero-order valence-electron chi connectivity index (χ0n) is 21.8. The van der Waals surface area contributed by atoms with Gasteiger partial charge in [0.2, 0.25) is 0 Å². The number of hydrogen-bond donors (Lipinski definition) is 2. The molecule has 3 aromatic rings. The number of rotatable bonds is 8. The molecule has 230 valence electrons. The van der Waals surface area contributed by atoms with Gasteiger partial charge in [0, 0.05) is 30.7 Å². The smallest absolute Gasteiger partial charge is 0.305 e. The van der Waals surface area contributed by atoms with Gasteiger partial charge in [-0.15, -0.1) is 0 Å². The van der Waals surface area contributed by atoms with Gasteiger partial charge in [0.15, 0.2) is 9.84 Å². The van der Waals surface area contributed by atoms with E-state index in [1.165, 1.54) is 30.0 Å². The molecule has 42 heavy (non-hydrogen) atoms. The van der Waals surface area contributed by atoms with Crippen LogP contribution >= 0.6 is 23.2 Å². The Balaban J connectivity index is 1.77. The van der Waals surface area contributed by atoms with E-state index in [-0.39, 0.29) is 46.3 Å². The van der Waals surface area contributed by atoms with Gasteiger partial charge in [0.1, 0.15) is 0 Å². The molecule has 1 aromatic heterocycles. The lowest BCUT2D eigenvalue weighted by Gasteiger charge is -2.22. The number of nitrogens with zero attached hydrogens (tertiary/aromatic N) is 2. The van der Waals surface area contributed by atoms with E-state index in [1.54, 1.807) is 0 Å². The molecular formula is C25H24Cl2F6N4O4S. The summed E-state index contributed by atoms with van der Waals surface area (Å²) >= 11 is 12.4. The Kier molecular flexibility index (Phi) is 9.11. The van der Waals surface area contributed by atoms with Crippen molar-refractivity contribution in [1.82, 2.24) is 19.8 Å². The maximum Gasteiger partial charge on any atom is 0.416 e. The number of aromatic amines is 1. The highest BCUT2D eigenvalue weighted by molar-refractivity contribution is 7.91. The summed E-state index contributed by atoms with van der Waals surface area (Å²) in [5.41, 5.74) is -4.28. The fourth-order valence-electron chi connectivity index (χ4n) is 4.87. The molecule has 0 amide bonds. The second kappa shape index (κ2) is 11.8. The molecule has 1 atom stereocenters. The van der Waals surface area contributed by atoms with Crippen LogP contribution in [-0.4, -0.2) is 60.5 Å². The number of H-pyrrole nitrogens is 1. The molecule has 1 fully saturated rings. The third-order valence-electron chi connectivity index (χ3n) is 6.94. The normalized spacial score (nSPS) is 16.9. The van der Waals surface area contributed by atoms with Gasteiger partial charge in [0.05, 0.1) is 45.2 Å². The largest absolute Gasteiger partial charge is 0.416 e. The van der Waals surface area contributed by atoms with Crippen molar-refractivity contribution in [3.05, 3.63) is 71.8 Å². The molecular weight excluding hydrogens is 637 g/mol. The van der Waals surface area contributed by atoms with Crippen LogP contribution in [0.1, 0.15) is 30.0 Å². The van der Waals surface area contributed by atoms with Gasteiger partial charge in [-0.3, -0.25) is 14.3 Å². The number of alkyl halides is 6. The molecule has 1 aliphatic heterocycles. The van der Waals surface area contributed by atoms with Crippen LogP contribution < -0.4 is 16.6 Å². The Hall–Kier alpha value is -2.59. The molecule has 0 saturated carbocycles. The summed E-state index contributed by atoms with van der Waals surface area (Å²) in [6.07, 6.45) is -9.18. The van der Waals surface area contributed by atoms with Crippen molar-refractivity contribution in [3.63, 3.8) is 0 Å². The SMILES string of the molecule is CCS(=O)(=O)c1ccc(Cl)cc1Cn1c(=O)[nH]c2c(Cl)c(CN3CCC(NCC(F)(F)F)C3)c(C(F)(F)F)cc2c1=O. The highest BCUT2D eigenvalue weighted by Gasteiger charge is 2.37. The Morgan fingerprint density at radius 1 is 1.07 bits per heavy atom. The van der Waals surface area contributed by atoms with Crippen molar-refractivity contribution < 1.29 is 34.8 Å². The summed E-state index contributed by atoms with van der Waals surface area (Å²) in [4.78, 5) is 30.0. The molecule has 2 N–H and O–H groups in total. The maximum atomic E-state index is 14.2. The first-order valence-electron chi connectivity index (χ1n) is 12.5. The van der Waals surface area contributed by atoms with Gasteiger partial charge in [-0.2, -0.15) is 26.3 Å². The second-order valence-corrected chi connectivity index (χ2v) is 12.9. The predicted molar refractivity (Wildman–Crippen MR) is 145 cm³/mol. The van der Waals surface area contributed by atoms with E-state index in [0.29, 0.717) is 10.6 Å². The van der Waals surface area contributed by atoms with Gasteiger partial charge in [-0.05, 0) is 41.8 Å². The number of fused-ring (bicyclic) bond motifs is 1. The molecule has 1 unspecified atom stereocenters. The average Bonchev–Trinajstić information content (AvgIpc) is 3.33. The van der Waals surface area contributed by atoms with Crippen molar-refractivity contribution in [1.29, 1.82) is 0 Å². The van der Waals surface area contributed by atoms with Gasteiger partial charge < -0.3 is 10.3 Å². The minimum atomic E-state index is -4.98. The molecule has 1 aliphatic rings. The van der Waals surface area contributed by atoms with E-state index in [0.717, 1.165) is 0 Å². The molecule has 2 heterocycles. The van der Waals surface area contributed by atoms with Crippen LogP contribution in [0.15, 0.2) is 38.8 Å². The topological polar surface area (TPSA) is 104 Å². The quantitative estimate of drug-likeness (QED) is 0.343. The summed E-state index contributed by atoms with van der Waals surface area (Å²) in [5.74, 6) is -0.298. The highest BCUT2D eigenvalue weighted by Crippen LogP contribution is 2.39. The van der Waals surface area contributed by atoms with E-state index in [2.05, 4.69) is 10.3 Å². The molecule has 0 spiro atoms. The zero-order chi connectivity index (χ0) is 31.2. The molecule has 1 saturated heterocycles. The van der Waals surface area contributed by atoms with E-state index < -0.39 is 80.7 Å². The summed E-state index contributed by atoms with van der Waals surface area (Å²) in [6, 6.07) is 3.71. The Labute approximate surface area is 245 Å². The minimum Gasteiger partial charge on any atom is -0.305 e. The molecule has 0 radical (unpaired) electrons. The molecule has 0 aliphatic carbocycles. The van der Waals surface area contributed by atoms with Gasteiger partial charge >= 0.3 is 18.0 Å². The lowest BCUT2D eigenvalue weighted by Crippen LogP contribution is -2.38. The number of aromatic nitrogens is 2. The molecule has 4 rings (SSSR count). The number of sulfone groups is 1. The van der Waals surface area contributed by atoms with Crippen molar-refractivity contribution in [2.75, 3.05) is 25.4 Å². The molecule has 0 bridgehead atoms. The van der Waals surface area contributed by atoms with Crippen molar-refractivity contribution in [2.24, 2.45) is 0 Å². The van der Waals surface area contributed by atoms with Crippen LogP contribution in [0.3, 0.4) is 0 Å². The van der Waals surface area contributed by atoms with E-state index >= 15 is 0 Å². The Bertz CT molecular complexity index is 1740. The average molecular weight is 661 g/mol. The van der Waals surface area contributed by atoms with E-state index in [1.807, 2.05) is 0 Å². The maximum absolute atomic E-state index is 14.2. The van der Waals surface area contributed by atoms with Crippen molar-refractivity contribution in [2.45, 2.75) is 49.7 Å². The van der Waals surface area contributed by atoms with Crippen molar-refractivity contribution >= 4 is 43.9 Å². The summed E-state index contributed by atoms with van der Waals surface area (Å²) in [6.45, 7) is -0.670. The third kappa shape index (κ3) is 6.96. The standard InChI is InChI=1S/C25H24Cl2F6N4O4S/c1-2-42(40,41)19-4-3-14(26)7-13(19)9-37-22(38)16-8-18(25(31,32)33)17(20(27)21(16)35-23(37)39)11-36-6-5-15(10-36)34-12-24(28,29)30/h3-4,7-8,15,34H,2,5-6,9-12H2,1H3,(H,35,39). The molecule has 8 nitrogen and oxygen atoms in total. The molecule has 17 heteroatoms. The Morgan fingerprint density at radius 2 is 1.76 bits per heavy atom. The highest BCUT2D eigenvalue weighted by atomic mass is 35.5. The van der Waals surface area contributed by atoms with Crippen LogP contribution in [0, 0.1) is 0 Å². The monoisotopic (exact) mass is 660 g/mol. The number of hydrogen-bond acceptors (Lipinski definition) is 6. The second-order valence-electron chi connectivity index (χ2n) is 9.83. The molecule has 2 aromatic carbocycles. The first-order chi connectivity index (χ1) is 19.4. The third-order valence-corrected chi connectivity index (χ3v) is 9.42. The lowest BCUT2D eigenvalue weighted by atomic mass is 10.0. The van der Waals surface area contributed by atoms with Crippen LogP contribution in [0.4, 0.5) is 26.3 Å². The van der Waals surface area contributed by atoms with Crippen LogP contribution in [0.2, 0.25) is 10.0 Å². The number of halogens is 8. The zero-order valence-corrected chi connectivity index (χ0v) is 24.1.